The molecule has 1 heterocycles. The van der Waals surface area contributed by atoms with E-state index in [9.17, 15) is 0 Å². The van der Waals surface area contributed by atoms with E-state index in [4.69, 9.17) is 0 Å². The molecule has 1 aliphatic rings. The monoisotopic (exact) mass is 183 g/mol. The lowest BCUT2D eigenvalue weighted by atomic mass is 9.84. The Morgan fingerprint density at radius 1 is 1.15 bits per heavy atom. The summed E-state index contributed by atoms with van der Waals surface area (Å²) in [5.41, 5.74) is 0. The van der Waals surface area contributed by atoms with Gasteiger partial charge in [-0.2, -0.15) is 0 Å². The molecule has 0 aliphatic carbocycles. The molecular formula is C12H25N. The molecule has 0 radical (unpaired) electrons. The lowest BCUT2D eigenvalue weighted by Crippen LogP contribution is -2.35. The van der Waals surface area contributed by atoms with E-state index in [1.54, 1.807) is 0 Å². The Kier molecular flexibility index (Phi) is 3.78. The van der Waals surface area contributed by atoms with Crippen LogP contribution in [0.15, 0.2) is 0 Å². The molecule has 0 bridgehead atoms. The second kappa shape index (κ2) is 4.45. The largest absolute Gasteiger partial charge is 0.310 e. The molecule has 78 valence electrons. The molecule has 1 aliphatic heterocycles. The van der Waals surface area contributed by atoms with Gasteiger partial charge in [0.25, 0.3) is 0 Å². The summed E-state index contributed by atoms with van der Waals surface area (Å²) in [7, 11) is 0. The first-order chi connectivity index (χ1) is 6.11. The summed E-state index contributed by atoms with van der Waals surface area (Å²) in [6.07, 6.45) is 2.57. The molecule has 0 aromatic rings. The lowest BCUT2D eigenvalue weighted by Gasteiger charge is -2.23. The standard InChI is InChI=1S/C12H25N/c1-6-8(3)12-10(5)9(4)11(7-2)13-12/h8-13H,6-7H2,1-5H3. The zero-order chi connectivity index (χ0) is 10.0. The van der Waals surface area contributed by atoms with Crippen molar-refractivity contribution in [2.45, 2.75) is 59.5 Å². The van der Waals surface area contributed by atoms with Crippen LogP contribution in [0.3, 0.4) is 0 Å². The van der Waals surface area contributed by atoms with Crippen molar-refractivity contribution in [3.8, 4) is 0 Å². The minimum atomic E-state index is 0.755. The number of hydrogen-bond donors (Lipinski definition) is 1. The number of nitrogens with one attached hydrogen (secondary N) is 1. The van der Waals surface area contributed by atoms with Crippen LogP contribution in [-0.4, -0.2) is 12.1 Å². The highest BCUT2D eigenvalue weighted by Gasteiger charge is 2.38. The van der Waals surface area contributed by atoms with Crippen molar-refractivity contribution in [3.63, 3.8) is 0 Å². The summed E-state index contributed by atoms with van der Waals surface area (Å²) in [5.74, 6) is 2.53. The number of hydrogen-bond acceptors (Lipinski definition) is 1. The summed E-state index contributed by atoms with van der Waals surface area (Å²) < 4.78 is 0. The smallest absolute Gasteiger partial charge is 0.0124 e. The van der Waals surface area contributed by atoms with Gasteiger partial charge < -0.3 is 5.32 Å². The second-order valence-corrected chi connectivity index (χ2v) is 4.81. The molecule has 1 fully saturated rings. The van der Waals surface area contributed by atoms with Crippen molar-refractivity contribution >= 4 is 0 Å². The molecule has 0 aromatic heterocycles. The third-order valence-electron chi connectivity index (χ3n) is 4.13. The molecule has 5 atom stereocenters. The van der Waals surface area contributed by atoms with Crippen molar-refractivity contribution in [2.75, 3.05) is 0 Å². The van der Waals surface area contributed by atoms with E-state index in [0.717, 1.165) is 29.8 Å². The first-order valence-electron chi connectivity index (χ1n) is 5.87. The highest BCUT2D eigenvalue weighted by atomic mass is 15.0. The van der Waals surface area contributed by atoms with E-state index in [-0.39, 0.29) is 0 Å². The van der Waals surface area contributed by atoms with Gasteiger partial charge in [0.2, 0.25) is 0 Å². The third-order valence-corrected chi connectivity index (χ3v) is 4.13. The van der Waals surface area contributed by atoms with Gasteiger partial charge in [0.05, 0.1) is 0 Å². The van der Waals surface area contributed by atoms with E-state index in [0.29, 0.717) is 0 Å². The van der Waals surface area contributed by atoms with E-state index in [1.165, 1.54) is 12.8 Å². The quantitative estimate of drug-likeness (QED) is 0.709. The maximum Gasteiger partial charge on any atom is 0.0124 e. The Hall–Kier alpha value is -0.0400. The lowest BCUT2D eigenvalue weighted by molar-refractivity contribution is 0.318. The van der Waals surface area contributed by atoms with Crippen LogP contribution in [0.5, 0.6) is 0 Å². The van der Waals surface area contributed by atoms with Gasteiger partial charge in [-0.3, -0.25) is 0 Å². The van der Waals surface area contributed by atoms with Crippen molar-refractivity contribution in [1.82, 2.24) is 5.32 Å². The average molecular weight is 183 g/mol. The fourth-order valence-corrected chi connectivity index (χ4v) is 2.67. The second-order valence-electron chi connectivity index (χ2n) is 4.81. The Labute approximate surface area is 83.3 Å². The van der Waals surface area contributed by atoms with Gasteiger partial charge in [0, 0.05) is 12.1 Å². The van der Waals surface area contributed by atoms with Crippen LogP contribution in [0.4, 0.5) is 0 Å². The van der Waals surface area contributed by atoms with Gasteiger partial charge in [-0.05, 0) is 24.2 Å². The van der Waals surface area contributed by atoms with Crippen LogP contribution in [0.1, 0.15) is 47.5 Å². The minimum Gasteiger partial charge on any atom is -0.310 e. The minimum absolute atomic E-state index is 0.755. The Morgan fingerprint density at radius 2 is 1.77 bits per heavy atom. The first kappa shape index (κ1) is 11.0. The zero-order valence-electron chi connectivity index (χ0n) is 9.80. The molecule has 1 nitrogen and oxygen atoms in total. The molecule has 0 aromatic carbocycles. The van der Waals surface area contributed by atoms with Crippen LogP contribution < -0.4 is 5.32 Å². The van der Waals surface area contributed by atoms with Gasteiger partial charge in [0.15, 0.2) is 0 Å². The topological polar surface area (TPSA) is 12.0 Å². The summed E-state index contributed by atoms with van der Waals surface area (Å²) in [4.78, 5) is 0. The normalized spacial score (nSPS) is 42.2. The van der Waals surface area contributed by atoms with Crippen LogP contribution in [0, 0.1) is 17.8 Å². The molecule has 5 unspecified atom stereocenters. The Bertz CT molecular complexity index is 155. The van der Waals surface area contributed by atoms with Crippen LogP contribution in [-0.2, 0) is 0 Å². The van der Waals surface area contributed by atoms with Crippen LogP contribution >= 0.6 is 0 Å². The maximum absolute atomic E-state index is 3.79. The van der Waals surface area contributed by atoms with Gasteiger partial charge in [-0.15, -0.1) is 0 Å². The molecular weight excluding hydrogens is 158 g/mol. The highest BCUT2D eigenvalue weighted by molar-refractivity contribution is 4.94. The Morgan fingerprint density at radius 3 is 2.15 bits per heavy atom. The first-order valence-corrected chi connectivity index (χ1v) is 5.87. The summed E-state index contributed by atoms with van der Waals surface area (Å²) in [5, 5.41) is 3.79. The van der Waals surface area contributed by atoms with Crippen LogP contribution in [0.2, 0.25) is 0 Å². The highest BCUT2D eigenvalue weighted by Crippen LogP contribution is 2.32. The molecule has 0 amide bonds. The van der Waals surface area contributed by atoms with Gasteiger partial charge in [-0.1, -0.05) is 41.0 Å². The molecule has 13 heavy (non-hydrogen) atoms. The fraction of sp³-hybridized carbons (Fsp3) is 1.00. The average Bonchev–Trinajstić information content (AvgIpc) is 2.43. The molecule has 1 saturated heterocycles. The Balaban J connectivity index is 2.60. The molecule has 0 spiro atoms. The van der Waals surface area contributed by atoms with E-state index < -0.39 is 0 Å². The summed E-state index contributed by atoms with van der Waals surface area (Å²) in [6, 6.07) is 1.51. The predicted octanol–water partition coefficient (Wildman–Crippen LogP) is 3.06. The van der Waals surface area contributed by atoms with E-state index in [1.807, 2.05) is 0 Å². The van der Waals surface area contributed by atoms with E-state index in [2.05, 4.69) is 39.9 Å². The molecule has 0 saturated carbocycles. The van der Waals surface area contributed by atoms with Gasteiger partial charge >= 0.3 is 0 Å². The molecule has 1 rings (SSSR count). The van der Waals surface area contributed by atoms with Crippen molar-refractivity contribution < 1.29 is 0 Å². The SMILES string of the molecule is CCC(C)C1NC(CC)C(C)C1C. The van der Waals surface area contributed by atoms with Crippen molar-refractivity contribution in [3.05, 3.63) is 0 Å². The predicted molar refractivity (Wildman–Crippen MR) is 58.8 cm³/mol. The molecule has 1 heteroatoms. The van der Waals surface area contributed by atoms with Crippen molar-refractivity contribution in [2.24, 2.45) is 17.8 Å². The van der Waals surface area contributed by atoms with Crippen molar-refractivity contribution in [1.29, 1.82) is 0 Å². The van der Waals surface area contributed by atoms with E-state index >= 15 is 0 Å². The third kappa shape index (κ3) is 2.07. The van der Waals surface area contributed by atoms with Crippen LogP contribution in [0.25, 0.3) is 0 Å². The summed E-state index contributed by atoms with van der Waals surface area (Å²) >= 11 is 0. The zero-order valence-corrected chi connectivity index (χ0v) is 9.80. The number of rotatable bonds is 3. The summed E-state index contributed by atoms with van der Waals surface area (Å²) in [6.45, 7) is 11.8. The van der Waals surface area contributed by atoms with Gasteiger partial charge in [-0.25, -0.2) is 0 Å². The molecule has 1 N–H and O–H groups in total. The fourth-order valence-electron chi connectivity index (χ4n) is 2.67. The van der Waals surface area contributed by atoms with Gasteiger partial charge in [0.1, 0.15) is 0 Å². The maximum atomic E-state index is 3.79.